The molecule has 246 valence electrons. The molecule has 0 radical (unpaired) electrons. The second-order valence-corrected chi connectivity index (χ2v) is 12.3. The first-order chi connectivity index (χ1) is 23.9. The van der Waals surface area contributed by atoms with Crippen LogP contribution >= 0.6 is 11.8 Å². The summed E-state index contributed by atoms with van der Waals surface area (Å²) in [6.45, 7) is 0. The van der Waals surface area contributed by atoms with E-state index in [4.69, 9.17) is 14.2 Å². The van der Waals surface area contributed by atoms with E-state index in [0.717, 1.165) is 11.3 Å². The van der Waals surface area contributed by atoms with E-state index in [1.165, 1.54) is 61.4 Å². The van der Waals surface area contributed by atoms with Crippen molar-refractivity contribution in [1.29, 1.82) is 0 Å². The van der Waals surface area contributed by atoms with Gasteiger partial charge in [-0.05, 0) is 94.9 Å². The van der Waals surface area contributed by atoms with Crippen LogP contribution in [0.4, 0.5) is 5.69 Å². The number of hydrogen-bond acceptors (Lipinski definition) is 7. The van der Waals surface area contributed by atoms with E-state index in [1.54, 1.807) is 54.6 Å². The molecule has 0 bridgehead atoms. The number of hydrogen-bond donors (Lipinski definition) is 2. The van der Waals surface area contributed by atoms with E-state index in [-0.39, 0.29) is 17.2 Å². The van der Waals surface area contributed by atoms with Crippen LogP contribution in [-0.4, -0.2) is 44.7 Å². The third kappa shape index (κ3) is 7.52. The third-order valence-corrected chi connectivity index (χ3v) is 9.14. The second kappa shape index (κ2) is 15.0. The van der Waals surface area contributed by atoms with E-state index >= 15 is 0 Å². The molecule has 6 rings (SSSR count). The maximum absolute atomic E-state index is 13.6. The van der Waals surface area contributed by atoms with E-state index in [2.05, 4.69) is 22.8 Å². The zero-order chi connectivity index (χ0) is 34.3. The molecule has 2 N–H and O–H groups in total. The zero-order valence-corrected chi connectivity index (χ0v) is 28.1. The molecule has 0 aliphatic heterocycles. The van der Waals surface area contributed by atoms with Crippen molar-refractivity contribution in [2.75, 3.05) is 32.4 Å². The van der Waals surface area contributed by atoms with Crippen LogP contribution in [-0.2, 0) is 11.2 Å². The Hall–Kier alpha value is -5.80. The molecule has 0 unspecified atom stereocenters. The summed E-state index contributed by atoms with van der Waals surface area (Å²) in [4.78, 5) is 40.7. The van der Waals surface area contributed by atoms with Gasteiger partial charge in [-0.2, -0.15) is 0 Å². The largest absolute Gasteiger partial charge is 0.493 e. The summed E-state index contributed by atoms with van der Waals surface area (Å²) >= 11 is 1.43. The number of methoxy groups -OCH3 is 3. The highest BCUT2D eigenvalue weighted by atomic mass is 32.2. The molecule has 0 spiro atoms. The predicted molar refractivity (Wildman–Crippen MR) is 193 cm³/mol. The number of nitrogens with one attached hydrogen (secondary N) is 2. The number of Topliss-reactive ketones (excluding diaryl/α,β-unsaturated/α-hetero) is 1. The monoisotopic (exact) mass is 670 g/mol. The van der Waals surface area contributed by atoms with Crippen molar-refractivity contribution in [3.63, 3.8) is 0 Å². The van der Waals surface area contributed by atoms with Gasteiger partial charge in [0.25, 0.3) is 11.8 Å². The van der Waals surface area contributed by atoms with Crippen LogP contribution in [0.15, 0.2) is 120 Å². The number of carbonyl (C=O) groups excluding carboxylic acids is 3. The topological polar surface area (TPSA) is 103 Å². The Morgan fingerprint density at radius 2 is 1.39 bits per heavy atom. The van der Waals surface area contributed by atoms with E-state index in [9.17, 15) is 14.4 Å². The molecule has 1 aliphatic rings. The van der Waals surface area contributed by atoms with Gasteiger partial charge >= 0.3 is 0 Å². The first-order valence-corrected chi connectivity index (χ1v) is 16.5. The number of thioether (sulfide) groups is 1. The van der Waals surface area contributed by atoms with Crippen molar-refractivity contribution in [3.05, 3.63) is 143 Å². The summed E-state index contributed by atoms with van der Waals surface area (Å²) < 4.78 is 16.3. The predicted octanol–water partition coefficient (Wildman–Crippen LogP) is 7.67. The highest BCUT2D eigenvalue weighted by molar-refractivity contribution is 8.00. The minimum atomic E-state index is -0.535. The van der Waals surface area contributed by atoms with Crippen LogP contribution in [0, 0.1) is 0 Å². The van der Waals surface area contributed by atoms with E-state index in [0.29, 0.717) is 39.6 Å². The fourth-order valence-electron chi connectivity index (χ4n) is 5.68. The van der Waals surface area contributed by atoms with E-state index < -0.39 is 11.8 Å². The lowest BCUT2D eigenvalue weighted by molar-refractivity contribution is -0.113. The first kappa shape index (κ1) is 33.1. The van der Waals surface area contributed by atoms with Gasteiger partial charge in [0.05, 0.1) is 27.1 Å². The molecular weight excluding hydrogens is 637 g/mol. The molecule has 5 aromatic carbocycles. The number of anilines is 1. The number of benzene rings is 5. The zero-order valence-electron chi connectivity index (χ0n) is 27.2. The highest BCUT2D eigenvalue weighted by Gasteiger charge is 2.20. The quantitative estimate of drug-likeness (QED) is 0.0783. The smallest absolute Gasteiger partial charge is 0.272 e. The summed E-state index contributed by atoms with van der Waals surface area (Å²) in [6, 6.07) is 33.5. The number of rotatable bonds is 12. The van der Waals surface area contributed by atoms with Gasteiger partial charge in [0, 0.05) is 21.7 Å². The lowest BCUT2D eigenvalue weighted by Gasteiger charge is -2.15. The molecule has 0 fully saturated rings. The van der Waals surface area contributed by atoms with Gasteiger partial charge in [0.2, 0.25) is 5.75 Å². The molecule has 0 aromatic heterocycles. The molecule has 0 heterocycles. The maximum Gasteiger partial charge on any atom is 0.272 e. The molecule has 1 aliphatic carbocycles. The van der Waals surface area contributed by atoms with Crippen molar-refractivity contribution in [2.45, 2.75) is 11.3 Å². The summed E-state index contributed by atoms with van der Waals surface area (Å²) in [7, 11) is 4.50. The molecule has 9 heteroatoms. The van der Waals surface area contributed by atoms with Gasteiger partial charge in [-0.25, -0.2) is 0 Å². The number of amides is 2. The molecule has 2 amide bonds. The van der Waals surface area contributed by atoms with Crippen LogP contribution in [0.5, 0.6) is 17.2 Å². The van der Waals surface area contributed by atoms with Crippen LogP contribution in [0.3, 0.4) is 0 Å². The third-order valence-electron chi connectivity index (χ3n) is 8.12. The number of ether oxygens (including phenoxy) is 3. The molecular formula is C40H34N2O6S. The fourth-order valence-corrected chi connectivity index (χ4v) is 6.47. The molecule has 0 saturated heterocycles. The lowest BCUT2D eigenvalue weighted by atomic mass is 10.0. The molecule has 0 atom stereocenters. The Morgan fingerprint density at radius 3 is 2.08 bits per heavy atom. The van der Waals surface area contributed by atoms with Gasteiger partial charge in [-0.1, -0.05) is 54.6 Å². The Balaban J connectivity index is 1.15. The summed E-state index contributed by atoms with van der Waals surface area (Å²) in [5.74, 6) is 0.554. The maximum atomic E-state index is 13.6. The standard InChI is InChI=1S/C40H34N2O6S/c1-46-36-20-25(21-37(47-2)38(36)48-3)19-34(42-39(44)26-9-5-4-6-10-26)40(45)41-30-14-16-31(17-15-30)49-24-35(43)28-13-18-33-29(23-28)22-27-11-7-8-12-32(27)33/h4-21,23H,22,24H2,1-3H3,(H,41,45)(H,42,44)/b34-19-. The van der Waals surface area contributed by atoms with Crippen LogP contribution in [0.1, 0.15) is 37.4 Å². The number of ketones is 1. The number of fused-ring (bicyclic) bond motifs is 3. The number of carbonyl (C=O) groups is 3. The molecule has 8 nitrogen and oxygen atoms in total. The van der Waals surface area contributed by atoms with Crippen LogP contribution < -0.4 is 24.8 Å². The van der Waals surface area contributed by atoms with Crippen molar-refractivity contribution >= 4 is 41.1 Å². The van der Waals surface area contributed by atoms with Gasteiger partial charge in [-0.15, -0.1) is 11.8 Å². The first-order valence-electron chi connectivity index (χ1n) is 15.5. The van der Waals surface area contributed by atoms with E-state index in [1.807, 2.05) is 42.5 Å². The lowest BCUT2D eigenvalue weighted by Crippen LogP contribution is -2.30. The van der Waals surface area contributed by atoms with Crippen molar-refractivity contribution in [2.24, 2.45) is 0 Å². The Kier molecular flexibility index (Phi) is 10.1. The minimum absolute atomic E-state index is 0.00427. The van der Waals surface area contributed by atoms with Crippen LogP contribution in [0.2, 0.25) is 0 Å². The van der Waals surface area contributed by atoms with Crippen molar-refractivity contribution < 1.29 is 28.6 Å². The molecule has 0 saturated carbocycles. The van der Waals surface area contributed by atoms with Gasteiger partial charge in [0.1, 0.15) is 5.70 Å². The SMILES string of the molecule is COc1cc(/C=C(\NC(=O)c2ccccc2)C(=O)Nc2ccc(SCC(=O)c3ccc4c(c3)Cc3ccccc3-4)cc2)cc(OC)c1OC. The normalized spacial score (nSPS) is 11.6. The summed E-state index contributed by atoms with van der Waals surface area (Å²) in [6.07, 6.45) is 2.37. The van der Waals surface area contributed by atoms with Crippen LogP contribution in [0.25, 0.3) is 17.2 Å². The van der Waals surface area contributed by atoms with Crippen molar-refractivity contribution in [1.82, 2.24) is 5.32 Å². The highest BCUT2D eigenvalue weighted by Crippen LogP contribution is 2.39. The van der Waals surface area contributed by atoms with Gasteiger partial charge in [-0.3, -0.25) is 14.4 Å². The summed E-state index contributed by atoms with van der Waals surface area (Å²) in [5, 5.41) is 5.60. The second-order valence-electron chi connectivity index (χ2n) is 11.2. The average molecular weight is 671 g/mol. The van der Waals surface area contributed by atoms with Gasteiger partial charge in [0.15, 0.2) is 17.3 Å². The van der Waals surface area contributed by atoms with Crippen molar-refractivity contribution in [3.8, 4) is 28.4 Å². The summed E-state index contributed by atoms with van der Waals surface area (Å²) in [5.41, 5.74) is 7.05. The fraction of sp³-hybridized carbons (Fsp3) is 0.125. The Morgan fingerprint density at radius 1 is 0.714 bits per heavy atom. The Labute approximate surface area is 289 Å². The van der Waals surface area contributed by atoms with Gasteiger partial charge < -0.3 is 24.8 Å². The molecule has 5 aromatic rings. The minimum Gasteiger partial charge on any atom is -0.493 e. The Bertz CT molecular complexity index is 2030. The molecule has 49 heavy (non-hydrogen) atoms. The average Bonchev–Trinajstić information content (AvgIpc) is 3.52.